The van der Waals surface area contributed by atoms with E-state index in [1.54, 1.807) is 0 Å². The van der Waals surface area contributed by atoms with Crippen LogP contribution in [0.4, 0.5) is 11.4 Å². The Morgan fingerprint density at radius 3 is 2.57 bits per heavy atom. The molecule has 0 aliphatic heterocycles. The van der Waals surface area contributed by atoms with Gasteiger partial charge in [-0.2, -0.15) is 0 Å². The fourth-order valence-electron chi connectivity index (χ4n) is 1.40. The van der Waals surface area contributed by atoms with Crippen LogP contribution in [0.2, 0.25) is 10.3 Å². The summed E-state index contributed by atoms with van der Waals surface area (Å²) in [5.74, 6) is -0.682. The highest BCUT2D eigenvalue weighted by atomic mass is 79.9. The Morgan fingerprint density at radius 2 is 1.90 bits per heavy atom. The fraction of sp³-hybridized carbons (Fsp3) is 0. The van der Waals surface area contributed by atoms with Crippen molar-refractivity contribution in [2.45, 2.75) is 0 Å². The van der Waals surface area contributed by atoms with E-state index in [4.69, 9.17) is 23.2 Å². The molecule has 2 aromatic rings. The third-order valence-electron chi connectivity index (χ3n) is 2.33. The summed E-state index contributed by atoms with van der Waals surface area (Å²) in [5, 5.41) is 13.1. The quantitative estimate of drug-likeness (QED) is 0.488. The van der Waals surface area contributed by atoms with Crippen LogP contribution in [0.5, 0.6) is 0 Å². The molecule has 0 bridgehead atoms. The van der Waals surface area contributed by atoms with Gasteiger partial charge in [0.2, 0.25) is 0 Å². The van der Waals surface area contributed by atoms with Gasteiger partial charge < -0.3 is 5.32 Å². The zero-order valence-electron chi connectivity index (χ0n) is 10.0. The molecule has 0 aliphatic carbocycles. The third-order valence-corrected chi connectivity index (χ3v) is 3.37. The van der Waals surface area contributed by atoms with E-state index in [0.29, 0.717) is 4.47 Å². The Bertz CT molecular complexity index is 741. The van der Waals surface area contributed by atoms with Crippen molar-refractivity contribution in [2.75, 3.05) is 5.32 Å². The first kappa shape index (κ1) is 15.6. The van der Waals surface area contributed by atoms with Gasteiger partial charge in [-0.3, -0.25) is 14.9 Å². The van der Waals surface area contributed by atoms with Gasteiger partial charge in [-0.25, -0.2) is 9.97 Å². The molecule has 2 heterocycles. The SMILES string of the molecule is O=C(Nc1cc(Br)cnc1Cl)c1cc([N+](=O)[O-])cnc1Cl. The van der Waals surface area contributed by atoms with E-state index in [2.05, 4.69) is 31.2 Å². The van der Waals surface area contributed by atoms with Crippen molar-refractivity contribution in [2.24, 2.45) is 0 Å². The Kier molecular flexibility index (Phi) is 4.71. The molecule has 0 aromatic carbocycles. The maximum Gasteiger partial charge on any atom is 0.288 e. The van der Waals surface area contributed by atoms with Gasteiger partial charge in [0.15, 0.2) is 5.15 Å². The summed E-state index contributed by atoms with van der Waals surface area (Å²) >= 11 is 14.8. The van der Waals surface area contributed by atoms with E-state index in [1.165, 1.54) is 12.3 Å². The normalized spacial score (nSPS) is 10.2. The molecular formula is C11H5BrCl2N4O3. The average molecular weight is 392 g/mol. The van der Waals surface area contributed by atoms with Crippen LogP contribution in [0.25, 0.3) is 0 Å². The van der Waals surface area contributed by atoms with Crippen LogP contribution in [0.15, 0.2) is 29.0 Å². The summed E-state index contributed by atoms with van der Waals surface area (Å²) in [6, 6.07) is 2.57. The van der Waals surface area contributed by atoms with Crippen molar-refractivity contribution in [1.82, 2.24) is 9.97 Å². The Morgan fingerprint density at radius 1 is 1.24 bits per heavy atom. The van der Waals surface area contributed by atoms with Gasteiger partial charge in [0, 0.05) is 16.7 Å². The molecule has 0 atom stereocenters. The molecule has 0 spiro atoms. The second-order valence-electron chi connectivity index (χ2n) is 3.74. The highest BCUT2D eigenvalue weighted by molar-refractivity contribution is 9.10. The van der Waals surface area contributed by atoms with Crippen molar-refractivity contribution in [1.29, 1.82) is 0 Å². The first-order valence-electron chi connectivity index (χ1n) is 5.31. The molecule has 1 amide bonds. The molecule has 0 aliphatic rings. The van der Waals surface area contributed by atoms with E-state index in [0.717, 1.165) is 12.3 Å². The second-order valence-corrected chi connectivity index (χ2v) is 5.37. The lowest BCUT2D eigenvalue weighted by Crippen LogP contribution is -2.14. The Balaban J connectivity index is 2.34. The van der Waals surface area contributed by atoms with Crippen LogP contribution < -0.4 is 5.32 Å². The molecule has 21 heavy (non-hydrogen) atoms. The lowest BCUT2D eigenvalue weighted by molar-refractivity contribution is -0.385. The molecule has 10 heteroatoms. The Hall–Kier alpha value is -1.77. The molecule has 108 valence electrons. The van der Waals surface area contributed by atoms with Gasteiger partial charge in [0.25, 0.3) is 11.6 Å². The van der Waals surface area contributed by atoms with E-state index in [9.17, 15) is 14.9 Å². The molecule has 0 saturated heterocycles. The number of carbonyl (C=O) groups excluding carboxylic acids is 1. The lowest BCUT2D eigenvalue weighted by atomic mass is 10.2. The molecule has 0 fully saturated rings. The monoisotopic (exact) mass is 390 g/mol. The maximum atomic E-state index is 12.1. The van der Waals surface area contributed by atoms with Crippen molar-refractivity contribution in [3.8, 4) is 0 Å². The number of halogens is 3. The molecule has 7 nitrogen and oxygen atoms in total. The van der Waals surface area contributed by atoms with E-state index >= 15 is 0 Å². The van der Waals surface area contributed by atoms with Crippen LogP contribution in [0.3, 0.4) is 0 Å². The van der Waals surface area contributed by atoms with Crippen molar-refractivity contribution >= 4 is 56.4 Å². The van der Waals surface area contributed by atoms with E-state index in [-0.39, 0.29) is 27.2 Å². The fourth-order valence-corrected chi connectivity index (χ4v) is 2.07. The number of anilines is 1. The molecule has 0 unspecified atom stereocenters. The number of pyridine rings is 2. The molecule has 2 rings (SSSR count). The van der Waals surface area contributed by atoms with Crippen LogP contribution in [0, 0.1) is 10.1 Å². The molecular weight excluding hydrogens is 387 g/mol. The number of nitro groups is 1. The van der Waals surface area contributed by atoms with Crippen molar-refractivity contribution in [3.05, 3.63) is 55.0 Å². The van der Waals surface area contributed by atoms with Gasteiger partial charge in [-0.1, -0.05) is 23.2 Å². The van der Waals surface area contributed by atoms with Gasteiger partial charge in [-0.15, -0.1) is 0 Å². The second kappa shape index (κ2) is 6.33. The molecule has 0 saturated carbocycles. The maximum absolute atomic E-state index is 12.1. The minimum Gasteiger partial charge on any atom is -0.319 e. The number of hydrogen-bond donors (Lipinski definition) is 1. The summed E-state index contributed by atoms with van der Waals surface area (Å²) in [7, 11) is 0. The summed E-state index contributed by atoms with van der Waals surface area (Å²) in [6.07, 6.45) is 2.42. The third kappa shape index (κ3) is 3.66. The molecule has 2 aromatic heterocycles. The van der Waals surface area contributed by atoms with Gasteiger partial charge in [0.1, 0.15) is 11.3 Å². The predicted octanol–water partition coefficient (Wildman–Crippen LogP) is 3.71. The van der Waals surface area contributed by atoms with Crippen LogP contribution >= 0.6 is 39.1 Å². The topological polar surface area (TPSA) is 98.0 Å². The van der Waals surface area contributed by atoms with Gasteiger partial charge in [0.05, 0.1) is 16.2 Å². The smallest absolute Gasteiger partial charge is 0.288 e. The molecule has 1 N–H and O–H groups in total. The number of carbonyl (C=O) groups is 1. The van der Waals surface area contributed by atoms with Crippen LogP contribution in [-0.2, 0) is 0 Å². The zero-order chi connectivity index (χ0) is 15.6. The van der Waals surface area contributed by atoms with E-state index < -0.39 is 10.8 Å². The van der Waals surface area contributed by atoms with Crippen LogP contribution in [0.1, 0.15) is 10.4 Å². The average Bonchev–Trinajstić information content (AvgIpc) is 2.43. The zero-order valence-corrected chi connectivity index (χ0v) is 13.1. The number of amides is 1. The molecule has 0 radical (unpaired) electrons. The van der Waals surface area contributed by atoms with Crippen molar-refractivity contribution in [3.63, 3.8) is 0 Å². The minimum atomic E-state index is -0.682. The lowest BCUT2D eigenvalue weighted by Gasteiger charge is -2.07. The minimum absolute atomic E-state index is 0.0704. The summed E-state index contributed by atoms with van der Waals surface area (Å²) in [4.78, 5) is 29.6. The number of aromatic nitrogens is 2. The van der Waals surface area contributed by atoms with Gasteiger partial charge >= 0.3 is 0 Å². The highest BCUT2D eigenvalue weighted by Gasteiger charge is 2.18. The summed E-state index contributed by atoms with van der Waals surface area (Å²) < 4.78 is 0.602. The predicted molar refractivity (Wildman–Crippen MR) is 80.8 cm³/mol. The van der Waals surface area contributed by atoms with Crippen LogP contribution in [-0.4, -0.2) is 20.8 Å². The summed E-state index contributed by atoms with van der Waals surface area (Å²) in [6.45, 7) is 0. The van der Waals surface area contributed by atoms with Crippen molar-refractivity contribution < 1.29 is 9.72 Å². The number of nitrogens with one attached hydrogen (secondary N) is 1. The first-order chi connectivity index (χ1) is 9.88. The number of nitrogens with zero attached hydrogens (tertiary/aromatic N) is 3. The summed E-state index contributed by atoms with van der Waals surface area (Å²) in [5.41, 5.74) is -0.247. The Labute approximate surface area is 136 Å². The standard InChI is InChI=1S/C11H5BrCl2N4O3/c12-5-1-8(10(14)15-3-5)17-11(19)7-2-6(18(20)21)4-16-9(7)13/h1-4H,(H,17,19). The highest BCUT2D eigenvalue weighted by Crippen LogP contribution is 2.25. The van der Waals surface area contributed by atoms with Gasteiger partial charge in [-0.05, 0) is 22.0 Å². The first-order valence-corrected chi connectivity index (χ1v) is 6.85. The van der Waals surface area contributed by atoms with E-state index in [1.807, 2.05) is 0 Å². The largest absolute Gasteiger partial charge is 0.319 e. The number of hydrogen-bond acceptors (Lipinski definition) is 5. The number of rotatable bonds is 3.